The lowest BCUT2D eigenvalue weighted by Crippen LogP contribution is -2.13. The predicted molar refractivity (Wildman–Crippen MR) is 116 cm³/mol. The van der Waals surface area contributed by atoms with Crippen molar-refractivity contribution in [3.63, 3.8) is 0 Å². The molecular weight excluding hydrogens is 376 g/mol. The van der Waals surface area contributed by atoms with Gasteiger partial charge in [-0.15, -0.1) is 0 Å². The zero-order chi connectivity index (χ0) is 20.9. The number of hydrogen-bond acceptors (Lipinski definition) is 5. The van der Waals surface area contributed by atoms with Crippen LogP contribution in [0.3, 0.4) is 0 Å². The highest BCUT2D eigenvalue weighted by molar-refractivity contribution is 6.04. The number of amides is 1. The first-order chi connectivity index (χ1) is 14.6. The summed E-state index contributed by atoms with van der Waals surface area (Å²) in [6.07, 6.45) is 4.70. The van der Waals surface area contributed by atoms with Crippen molar-refractivity contribution in [1.29, 1.82) is 0 Å². The van der Waals surface area contributed by atoms with E-state index in [1.165, 1.54) is 19.5 Å². The third-order valence-corrected chi connectivity index (χ3v) is 4.74. The second-order valence-electron chi connectivity index (χ2n) is 6.72. The molecule has 0 bridgehead atoms. The van der Waals surface area contributed by atoms with Gasteiger partial charge in [-0.05, 0) is 47.9 Å². The Morgan fingerprint density at radius 3 is 2.37 bits per heavy atom. The second kappa shape index (κ2) is 8.53. The standard InChI is InChI=1S/C24H20N4O2/c1-16-6-7-19(24(29)28-22-14-27-23(30-2)15-26-22)13-20(16)17-8-10-18(11-9-17)21-5-3-4-12-25-21/h3-15H,1-2H3,(H,26,28,29). The zero-order valence-corrected chi connectivity index (χ0v) is 16.7. The average Bonchev–Trinajstić information content (AvgIpc) is 2.80. The molecule has 0 unspecified atom stereocenters. The van der Waals surface area contributed by atoms with E-state index in [2.05, 4.69) is 20.3 Å². The van der Waals surface area contributed by atoms with Crippen LogP contribution in [0.25, 0.3) is 22.4 Å². The molecule has 0 spiro atoms. The molecule has 4 aromatic rings. The predicted octanol–water partition coefficient (Wildman–Crippen LogP) is 4.77. The number of benzene rings is 2. The van der Waals surface area contributed by atoms with Gasteiger partial charge in [0.25, 0.3) is 5.91 Å². The largest absolute Gasteiger partial charge is 0.480 e. The second-order valence-corrected chi connectivity index (χ2v) is 6.72. The van der Waals surface area contributed by atoms with Gasteiger partial charge in [0.15, 0.2) is 5.82 Å². The van der Waals surface area contributed by atoms with Crippen molar-refractivity contribution in [3.8, 4) is 28.3 Å². The van der Waals surface area contributed by atoms with Crippen molar-refractivity contribution in [2.45, 2.75) is 6.92 Å². The number of anilines is 1. The Morgan fingerprint density at radius 1 is 0.900 bits per heavy atom. The van der Waals surface area contributed by atoms with Gasteiger partial charge >= 0.3 is 0 Å². The van der Waals surface area contributed by atoms with Crippen molar-refractivity contribution >= 4 is 11.7 Å². The molecular formula is C24H20N4O2. The summed E-state index contributed by atoms with van der Waals surface area (Å²) in [5, 5.41) is 2.76. The van der Waals surface area contributed by atoms with Gasteiger partial charge in [-0.25, -0.2) is 9.97 Å². The van der Waals surface area contributed by atoms with Crippen LogP contribution in [0.5, 0.6) is 5.88 Å². The third kappa shape index (κ3) is 4.17. The molecule has 2 heterocycles. The van der Waals surface area contributed by atoms with E-state index in [1.807, 2.05) is 61.5 Å². The number of carbonyl (C=O) groups is 1. The van der Waals surface area contributed by atoms with E-state index in [0.29, 0.717) is 17.3 Å². The van der Waals surface area contributed by atoms with E-state index < -0.39 is 0 Å². The fourth-order valence-corrected chi connectivity index (χ4v) is 3.10. The topological polar surface area (TPSA) is 77.0 Å². The molecule has 30 heavy (non-hydrogen) atoms. The van der Waals surface area contributed by atoms with Crippen LogP contribution in [0.4, 0.5) is 5.82 Å². The van der Waals surface area contributed by atoms with Crippen LogP contribution in [-0.2, 0) is 0 Å². The number of rotatable bonds is 5. The zero-order valence-electron chi connectivity index (χ0n) is 16.7. The molecule has 6 heteroatoms. The highest BCUT2D eigenvalue weighted by Crippen LogP contribution is 2.27. The normalized spacial score (nSPS) is 10.5. The molecule has 0 fully saturated rings. The Bertz CT molecular complexity index is 1160. The lowest BCUT2D eigenvalue weighted by Gasteiger charge is -2.11. The van der Waals surface area contributed by atoms with Crippen LogP contribution in [0.2, 0.25) is 0 Å². The molecule has 0 atom stereocenters. The molecule has 1 amide bonds. The average molecular weight is 396 g/mol. The summed E-state index contributed by atoms with van der Waals surface area (Å²) in [4.78, 5) is 25.2. The Kier molecular flexibility index (Phi) is 5.48. The molecule has 0 aliphatic heterocycles. The highest BCUT2D eigenvalue weighted by atomic mass is 16.5. The summed E-state index contributed by atoms with van der Waals surface area (Å²) < 4.78 is 4.98. The van der Waals surface area contributed by atoms with Gasteiger partial charge in [-0.1, -0.05) is 36.4 Å². The van der Waals surface area contributed by atoms with Crippen molar-refractivity contribution in [1.82, 2.24) is 15.0 Å². The number of hydrogen-bond donors (Lipinski definition) is 1. The fourth-order valence-electron chi connectivity index (χ4n) is 3.10. The Balaban J connectivity index is 1.57. The maximum absolute atomic E-state index is 12.7. The number of carbonyl (C=O) groups excluding carboxylic acids is 1. The van der Waals surface area contributed by atoms with Crippen LogP contribution in [0.15, 0.2) is 79.3 Å². The summed E-state index contributed by atoms with van der Waals surface area (Å²) in [7, 11) is 1.51. The summed E-state index contributed by atoms with van der Waals surface area (Å²) in [6, 6.07) is 19.6. The minimum absolute atomic E-state index is 0.249. The van der Waals surface area contributed by atoms with Gasteiger partial charge in [0.1, 0.15) is 0 Å². The van der Waals surface area contributed by atoms with E-state index in [0.717, 1.165) is 27.9 Å². The van der Waals surface area contributed by atoms with Gasteiger partial charge < -0.3 is 10.1 Å². The molecule has 0 saturated carbocycles. The number of aryl methyl sites for hydroxylation is 1. The summed E-state index contributed by atoms with van der Waals surface area (Å²) in [6.45, 7) is 2.03. The van der Waals surface area contributed by atoms with E-state index >= 15 is 0 Å². The van der Waals surface area contributed by atoms with Crippen LogP contribution in [-0.4, -0.2) is 28.0 Å². The molecule has 0 radical (unpaired) electrons. The van der Waals surface area contributed by atoms with Crippen LogP contribution < -0.4 is 10.1 Å². The third-order valence-electron chi connectivity index (χ3n) is 4.74. The maximum atomic E-state index is 12.7. The highest BCUT2D eigenvalue weighted by Gasteiger charge is 2.11. The minimum atomic E-state index is -0.249. The lowest BCUT2D eigenvalue weighted by molar-refractivity contribution is 0.102. The van der Waals surface area contributed by atoms with Crippen LogP contribution >= 0.6 is 0 Å². The van der Waals surface area contributed by atoms with E-state index in [4.69, 9.17) is 4.74 Å². The van der Waals surface area contributed by atoms with Gasteiger partial charge in [-0.3, -0.25) is 9.78 Å². The molecule has 1 N–H and O–H groups in total. The maximum Gasteiger partial charge on any atom is 0.256 e. The van der Waals surface area contributed by atoms with E-state index in [1.54, 1.807) is 12.3 Å². The summed E-state index contributed by atoms with van der Waals surface area (Å²) >= 11 is 0. The molecule has 0 aliphatic carbocycles. The van der Waals surface area contributed by atoms with Gasteiger partial charge in [-0.2, -0.15) is 0 Å². The van der Waals surface area contributed by atoms with Crippen molar-refractivity contribution in [3.05, 3.63) is 90.4 Å². The summed E-state index contributed by atoms with van der Waals surface area (Å²) in [5.74, 6) is 0.503. The minimum Gasteiger partial charge on any atom is -0.480 e. The Morgan fingerprint density at radius 2 is 1.70 bits per heavy atom. The Hall–Kier alpha value is -4.06. The quantitative estimate of drug-likeness (QED) is 0.526. The molecule has 6 nitrogen and oxygen atoms in total. The monoisotopic (exact) mass is 396 g/mol. The SMILES string of the molecule is COc1cnc(NC(=O)c2ccc(C)c(-c3ccc(-c4ccccn4)cc3)c2)cn1. The smallest absolute Gasteiger partial charge is 0.256 e. The fraction of sp³-hybridized carbons (Fsp3) is 0.0833. The molecule has 2 aromatic heterocycles. The van der Waals surface area contributed by atoms with Crippen LogP contribution in [0.1, 0.15) is 15.9 Å². The molecule has 4 rings (SSSR count). The van der Waals surface area contributed by atoms with Crippen molar-refractivity contribution < 1.29 is 9.53 Å². The number of aromatic nitrogens is 3. The molecule has 148 valence electrons. The van der Waals surface area contributed by atoms with Crippen molar-refractivity contribution in [2.24, 2.45) is 0 Å². The first-order valence-corrected chi connectivity index (χ1v) is 9.44. The number of nitrogens with zero attached hydrogens (tertiary/aromatic N) is 3. The molecule has 0 aliphatic rings. The number of nitrogens with one attached hydrogen (secondary N) is 1. The van der Waals surface area contributed by atoms with Gasteiger partial charge in [0, 0.05) is 17.3 Å². The number of pyridine rings is 1. The van der Waals surface area contributed by atoms with Gasteiger partial charge in [0.05, 0.1) is 25.2 Å². The first kappa shape index (κ1) is 19.3. The van der Waals surface area contributed by atoms with Crippen LogP contribution in [0, 0.1) is 6.92 Å². The van der Waals surface area contributed by atoms with Crippen molar-refractivity contribution in [2.75, 3.05) is 12.4 Å². The van der Waals surface area contributed by atoms with E-state index in [9.17, 15) is 4.79 Å². The first-order valence-electron chi connectivity index (χ1n) is 9.44. The van der Waals surface area contributed by atoms with Gasteiger partial charge in [0.2, 0.25) is 5.88 Å². The number of methoxy groups -OCH3 is 1. The summed E-state index contributed by atoms with van der Waals surface area (Å²) in [5.41, 5.74) is 5.63. The lowest BCUT2D eigenvalue weighted by atomic mass is 9.96. The molecule has 0 saturated heterocycles. The molecule has 2 aromatic carbocycles. The Labute approximate surface area is 174 Å². The number of ether oxygens (including phenoxy) is 1. The van der Waals surface area contributed by atoms with E-state index in [-0.39, 0.29) is 5.91 Å².